The zero-order valence-corrected chi connectivity index (χ0v) is 18.4. The molecule has 0 bridgehead atoms. The lowest BCUT2D eigenvalue weighted by molar-refractivity contribution is -0.0424. The van der Waals surface area contributed by atoms with E-state index in [9.17, 15) is 4.79 Å². The van der Waals surface area contributed by atoms with Crippen molar-refractivity contribution in [1.82, 2.24) is 19.6 Å². The molecule has 1 atom stereocenters. The number of aromatic nitrogens is 4. The van der Waals surface area contributed by atoms with Gasteiger partial charge in [-0.2, -0.15) is 14.9 Å². The molecule has 162 valence electrons. The molecule has 0 N–H and O–H groups in total. The number of benzene rings is 1. The van der Waals surface area contributed by atoms with Gasteiger partial charge in [-0.1, -0.05) is 35.9 Å². The molecule has 5 rings (SSSR count). The van der Waals surface area contributed by atoms with Gasteiger partial charge in [0.2, 0.25) is 0 Å². The Bertz CT molecular complexity index is 1150. The Labute approximate surface area is 186 Å². The maximum atomic E-state index is 12.9. The SMILES string of the molecule is Cc1ccccc1Cn1ncc2c1CCN(c1cnn(C3CCCCO3)c(=O)c1Cl)C2. The van der Waals surface area contributed by atoms with Crippen LogP contribution in [0.3, 0.4) is 0 Å². The van der Waals surface area contributed by atoms with Crippen LogP contribution in [-0.4, -0.2) is 32.7 Å². The highest BCUT2D eigenvalue weighted by Crippen LogP contribution is 2.29. The van der Waals surface area contributed by atoms with Crippen LogP contribution in [0.2, 0.25) is 5.02 Å². The van der Waals surface area contributed by atoms with Crippen LogP contribution in [-0.2, 0) is 24.2 Å². The van der Waals surface area contributed by atoms with E-state index in [4.69, 9.17) is 16.3 Å². The van der Waals surface area contributed by atoms with Crippen molar-refractivity contribution in [3.63, 3.8) is 0 Å². The first-order valence-corrected chi connectivity index (χ1v) is 11.2. The predicted molar refractivity (Wildman–Crippen MR) is 120 cm³/mol. The van der Waals surface area contributed by atoms with Gasteiger partial charge in [0.15, 0.2) is 6.23 Å². The first-order chi connectivity index (χ1) is 15.1. The molecule has 4 heterocycles. The van der Waals surface area contributed by atoms with Crippen LogP contribution in [0.15, 0.2) is 41.5 Å². The van der Waals surface area contributed by atoms with E-state index < -0.39 is 0 Å². The van der Waals surface area contributed by atoms with Gasteiger partial charge in [-0.3, -0.25) is 9.48 Å². The zero-order valence-electron chi connectivity index (χ0n) is 17.6. The van der Waals surface area contributed by atoms with Crippen LogP contribution in [0.25, 0.3) is 0 Å². The second kappa shape index (κ2) is 8.48. The van der Waals surface area contributed by atoms with Gasteiger partial charge in [-0.15, -0.1) is 0 Å². The molecule has 1 fully saturated rings. The maximum Gasteiger partial charge on any atom is 0.290 e. The van der Waals surface area contributed by atoms with E-state index in [1.807, 2.05) is 6.20 Å². The molecule has 1 unspecified atom stereocenters. The molecule has 0 amide bonds. The molecule has 2 aromatic heterocycles. The van der Waals surface area contributed by atoms with Gasteiger partial charge in [0, 0.05) is 37.4 Å². The van der Waals surface area contributed by atoms with Crippen molar-refractivity contribution in [2.75, 3.05) is 18.1 Å². The van der Waals surface area contributed by atoms with Crippen LogP contribution in [0.5, 0.6) is 0 Å². The lowest BCUT2D eigenvalue weighted by Gasteiger charge is -2.30. The number of ether oxygens (including phenoxy) is 1. The molecule has 1 aromatic carbocycles. The van der Waals surface area contributed by atoms with Gasteiger partial charge < -0.3 is 9.64 Å². The molecule has 8 heteroatoms. The Balaban J connectivity index is 1.36. The van der Waals surface area contributed by atoms with Crippen molar-refractivity contribution in [2.45, 2.75) is 51.9 Å². The van der Waals surface area contributed by atoms with Gasteiger partial charge in [0.25, 0.3) is 5.56 Å². The standard InChI is InChI=1S/C23H26ClN5O2/c1-16-6-2-3-7-17(16)15-28-19-9-10-27(14-18(19)12-25-28)20-13-26-29(23(30)22(20)24)21-8-4-5-11-31-21/h2-3,6-7,12-13,21H,4-5,8-11,14-15H2,1H3. The summed E-state index contributed by atoms with van der Waals surface area (Å²) in [5, 5.41) is 9.24. The molecule has 0 spiro atoms. The summed E-state index contributed by atoms with van der Waals surface area (Å²) in [4.78, 5) is 15.0. The highest BCUT2D eigenvalue weighted by molar-refractivity contribution is 6.33. The topological polar surface area (TPSA) is 65.2 Å². The quantitative estimate of drug-likeness (QED) is 0.620. The average molecular weight is 440 g/mol. The molecule has 0 radical (unpaired) electrons. The van der Waals surface area contributed by atoms with Crippen molar-refractivity contribution in [1.29, 1.82) is 0 Å². The summed E-state index contributed by atoms with van der Waals surface area (Å²) in [6.45, 7) is 4.97. The number of hydrogen-bond acceptors (Lipinski definition) is 5. The number of aryl methyl sites for hydroxylation is 1. The van der Waals surface area contributed by atoms with E-state index in [2.05, 4.69) is 51.0 Å². The second-order valence-corrected chi connectivity index (χ2v) is 8.66. The third kappa shape index (κ3) is 3.88. The number of hydrogen-bond donors (Lipinski definition) is 0. The fourth-order valence-corrected chi connectivity index (χ4v) is 4.72. The number of fused-ring (bicyclic) bond motifs is 1. The normalized spacial score (nSPS) is 18.8. The fraction of sp³-hybridized carbons (Fsp3) is 0.435. The number of halogens is 1. The molecule has 2 aliphatic heterocycles. The summed E-state index contributed by atoms with van der Waals surface area (Å²) < 4.78 is 9.19. The minimum absolute atomic E-state index is 0.208. The molecular formula is C23H26ClN5O2. The Morgan fingerprint density at radius 3 is 2.87 bits per heavy atom. The minimum atomic E-state index is -0.319. The van der Waals surface area contributed by atoms with Gasteiger partial charge in [-0.25, -0.2) is 0 Å². The van der Waals surface area contributed by atoms with E-state index in [1.165, 1.54) is 21.5 Å². The van der Waals surface area contributed by atoms with Crippen LogP contribution < -0.4 is 10.5 Å². The molecule has 0 saturated carbocycles. The van der Waals surface area contributed by atoms with Crippen molar-refractivity contribution >= 4 is 17.3 Å². The van der Waals surface area contributed by atoms with Gasteiger partial charge in [0.05, 0.1) is 24.6 Å². The largest absolute Gasteiger partial charge is 0.364 e. The monoisotopic (exact) mass is 439 g/mol. The summed E-state index contributed by atoms with van der Waals surface area (Å²) in [7, 11) is 0. The fourth-order valence-electron chi connectivity index (χ4n) is 4.47. The van der Waals surface area contributed by atoms with Crippen LogP contribution >= 0.6 is 11.6 Å². The molecule has 3 aromatic rings. The van der Waals surface area contributed by atoms with Crippen molar-refractivity contribution in [3.8, 4) is 0 Å². The van der Waals surface area contributed by atoms with Crippen LogP contribution in [0, 0.1) is 6.92 Å². The van der Waals surface area contributed by atoms with Crippen molar-refractivity contribution in [2.24, 2.45) is 0 Å². The lowest BCUT2D eigenvalue weighted by Crippen LogP contribution is -2.35. The molecular weight excluding hydrogens is 414 g/mol. The van der Waals surface area contributed by atoms with Crippen LogP contribution in [0.4, 0.5) is 5.69 Å². The Morgan fingerprint density at radius 1 is 1.19 bits per heavy atom. The van der Waals surface area contributed by atoms with Crippen LogP contribution in [0.1, 0.15) is 47.9 Å². The summed E-state index contributed by atoms with van der Waals surface area (Å²) in [5.74, 6) is 0. The smallest absolute Gasteiger partial charge is 0.290 e. The molecule has 2 aliphatic rings. The lowest BCUT2D eigenvalue weighted by atomic mass is 10.1. The first-order valence-electron chi connectivity index (χ1n) is 10.8. The predicted octanol–water partition coefficient (Wildman–Crippen LogP) is 3.71. The number of rotatable bonds is 4. The Kier molecular flexibility index (Phi) is 5.54. The van der Waals surface area contributed by atoms with Crippen molar-refractivity contribution < 1.29 is 4.74 Å². The summed E-state index contributed by atoms with van der Waals surface area (Å²) in [6, 6.07) is 8.40. The van der Waals surface area contributed by atoms with Gasteiger partial charge >= 0.3 is 0 Å². The van der Waals surface area contributed by atoms with E-state index in [-0.39, 0.29) is 16.8 Å². The summed E-state index contributed by atoms with van der Waals surface area (Å²) in [6.07, 6.45) is 6.98. The highest BCUT2D eigenvalue weighted by Gasteiger charge is 2.26. The Hall–Kier alpha value is -2.64. The summed E-state index contributed by atoms with van der Waals surface area (Å²) >= 11 is 6.52. The highest BCUT2D eigenvalue weighted by atomic mass is 35.5. The van der Waals surface area contributed by atoms with Gasteiger partial charge in [0.1, 0.15) is 5.02 Å². The number of anilines is 1. The maximum absolute atomic E-state index is 12.9. The van der Waals surface area contributed by atoms with E-state index in [0.29, 0.717) is 18.8 Å². The number of nitrogens with zero attached hydrogens (tertiary/aromatic N) is 5. The van der Waals surface area contributed by atoms with E-state index in [0.717, 1.165) is 44.3 Å². The second-order valence-electron chi connectivity index (χ2n) is 8.29. The van der Waals surface area contributed by atoms with E-state index >= 15 is 0 Å². The van der Waals surface area contributed by atoms with Gasteiger partial charge in [-0.05, 0) is 37.3 Å². The average Bonchev–Trinajstić information content (AvgIpc) is 3.20. The first kappa shape index (κ1) is 20.3. The molecule has 0 aliphatic carbocycles. The third-order valence-electron chi connectivity index (χ3n) is 6.29. The molecule has 31 heavy (non-hydrogen) atoms. The molecule has 1 saturated heterocycles. The minimum Gasteiger partial charge on any atom is -0.364 e. The summed E-state index contributed by atoms with van der Waals surface area (Å²) in [5.41, 5.74) is 5.34. The third-order valence-corrected chi connectivity index (χ3v) is 6.65. The molecule has 7 nitrogen and oxygen atoms in total. The zero-order chi connectivity index (χ0) is 21.4. The van der Waals surface area contributed by atoms with Crippen molar-refractivity contribution in [3.05, 3.63) is 74.4 Å². The van der Waals surface area contributed by atoms with E-state index in [1.54, 1.807) is 6.20 Å². The Morgan fingerprint density at radius 2 is 2.06 bits per heavy atom.